The number of esters is 1. The highest BCUT2D eigenvalue weighted by molar-refractivity contribution is 5.69. The Balaban J connectivity index is 2.09. The maximum absolute atomic E-state index is 10.9. The molecule has 4 heteroatoms. The molecule has 0 amide bonds. The van der Waals surface area contributed by atoms with E-state index in [9.17, 15) is 4.79 Å². The molecular formula is C11H18N2O2. The quantitative estimate of drug-likeness (QED) is 0.654. The molecule has 1 aliphatic heterocycles. The third-order valence-electron chi connectivity index (χ3n) is 2.85. The topological polar surface area (TPSA) is 53.3 Å². The van der Waals surface area contributed by atoms with Gasteiger partial charge in [-0.1, -0.05) is 0 Å². The SMILES string of the molecule is COC(=O)CCCN1CCC(C#N)CC1. The van der Waals surface area contributed by atoms with Gasteiger partial charge in [0.25, 0.3) is 0 Å². The Kier molecular flexibility index (Phi) is 5.13. The minimum Gasteiger partial charge on any atom is -0.469 e. The van der Waals surface area contributed by atoms with Crippen LogP contribution in [0.25, 0.3) is 0 Å². The first-order chi connectivity index (χ1) is 7.26. The molecule has 0 bridgehead atoms. The number of carbonyl (C=O) groups is 1. The second-order valence-electron chi connectivity index (χ2n) is 3.92. The van der Waals surface area contributed by atoms with Crippen molar-refractivity contribution in [2.24, 2.45) is 5.92 Å². The molecule has 0 aromatic carbocycles. The Bertz CT molecular complexity index is 239. The molecule has 0 N–H and O–H groups in total. The van der Waals surface area contributed by atoms with E-state index in [2.05, 4.69) is 15.7 Å². The number of nitriles is 1. The van der Waals surface area contributed by atoms with Crippen molar-refractivity contribution in [2.75, 3.05) is 26.7 Å². The first-order valence-electron chi connectivity index (χ1n) is 5.45. The van der Waals surface area contributed by atoms with Gasteiger partial charge in [0, 0.05) is 12.3 Å². The first-order valence-corrected chi connectivity index (χ1v) is 5.45. The van der Waals surface area contributed by atoms with E-state index in [0.717, 1.165) is 38.9 Å². The van der Waals surface area contributed by atoms with Gasteiger partial charge < -0.3 is 9.64 Å². The Morgan fingerprint density at radius 2 is 2.20 bits per heavy atom. The summed E-state index contributed by atoms with van der Waals surface area (Å²) in [6.45, 7) is 2.91. The van der Waals surface area contributed by atoms with E-state index >= 15 is 0 Å². The minimum absolute atomic E-state index is 0.137. The van der Waals surface area contributed by atoms with Crippen LogP contribution >= 0.6 is 0 Å². The fourth-order valence-electron chi connectivity index (χ4n) is 1.83. The number of rotatable bonds is 4. The number of ether oxygens (including phenoxy) is 1. The van der Waals surface area contributed by atoms with Gasteiger partial charge in [-0.3, -0.25) is 4.79 Å². The van der Waals surface area contributed by atoms with E-state index in [1.54, 1.807) is 0 Å². The fraction of sp³-hybridized carbons (Fsp3) is 0.818. The average Bonchev–Trinajstić information content (AvgIpc) is 2.29. The summed E-state index contributed by atoms with van der Waals surface area (Å²) in [7, 11) is 1.42. The summed E-state index contributed by atoms with van der Waals surface area (Å²) in [5.41, 5.74) is 0. The number of carbonyl (C=O) groups excluding carboxylic acids is 1. The number of hydrogen-bond acceptors (Lipinski definition) is 4. The Labute approximate surface area is 90.8 Å². The highest BCUT2D eigenvalue weighted by atomic mass is 16.5. The highest BCUT2D eigenvalue weighted by Crippen LogP contribution is 2.16. The molecule has 0 atom stereocenters. The van der Waals surface area contributed by atoms with Crippen LogP contribution in [-0.4, -0.2) is 37.6 Å². The molecule has 1 rings (SSSR count). The van der Waals surface area contributed by atoms with E-state index in [0.29, 0.717) is 6.42 Å². The fourth-order valence-corrected chi connectivity index (χ4v) is 1.83. The van der Waals surface area contributed by atoms with Crippen molar-refractivity contribution in [3.05, 3.63) is 0 Å². The number of likely N-dealkylation sites (tertiary alicyclic amines) is 1. The van der Waals surface area contributed by atoms with E-state index in [1.165, 1.54) is 7.11 Å². The largest absolute Gasteiger partial charge is 0.469 e. The zero-order valence-electron chi connectivity index (χ0n) is 9.24. The smallest absolute Gasteiger partial charge is 0.305 e. The Morgan fingerprint density at radius 1 is 1.53 bits per heavy atom. The zero-order chi connectivity index (χ0) is 11.1. The predicted molar refractivity (Wildman–Crippen MR) is 56.0 cm³/mol. The molecule has 0 saturated carbocycles. The lowest BCUT2D eigenvalue weighted by Crippen LogP contribution is -2.34. The lowest BCUT2D eigenvalue weighted by Gasteiger charge is -2.28. The van der Waals surface area contributed by atoms with E-state index in [4.69, 9.17) is 5.26 Å². The molecule has 0 radical (unpaired) electrons. The standard InChI is InChI=1S/C11H18N2O2/c1-15-11(14)3-2-6-13-7-4-10(9-12)5-8-13/h10H,2-8H2,1H3. The van der Waals surface area contributed by atoms with Crippen LogP contribution in [0.15, 0.2) is 0 Å². The lowest BCUT2D eigenvalue weighted by atomic mass is 9.98. The summed E-state index contributed by atoms with van der Waals surface area (Å²) >= 11 is 0. The van der Waals surface area contributed by atoms with Crippen molar-refractivity contribution in [2.45, 2.75) is 25.7 Å². The maximum Gasteiger partial charge on any atom is 0.305 e. The van der Waals surface area contributed by atoms with Gasteiger partial charge in [-0.2, -0.15) is 5.26 Å². The van der Waals surface area contributed by atoms with Gasteiger partial charge >= 0.3 is 5.97 Å². The summed E-state index contributed by atoms with van der Waals surface area (Å²) in [6, 6.07) is 2.31. The summed E-state index contributed by atoms with van der Waals surface area (Å²) in [5, 5.41) is 8.73. The van der Waals surface area contributed by atoms with Gasteiger partial charge in [-0.15, -0.1) is 0 Å². The van der Waals surface area contributed by atoms with Crippen molar-refractivity contribution >= 4 is 5.97 Å². The molecule has 84 valence electrons. The minimum atomic E-state index is -0.137. The van der Waals surface area contributed by atoms with Crippen LogP contribution in [0.2, 0.25) is 0 Å². The molecule has 1 saturated heterocycles. The molecule has 0 aliphatic carbocycles. The number of nitrogens with zero attached hydrogens (tertiary/aromatic N) is 2. The van der Waals surface area contributed by atoms with Gasteiger partial charge in [-0.25, -0.2) is 0 Å². The van der Waals surface area contributed by atoms with E-state index in [1.807, 2.05) is 0 Å². The third kappa shape index (κ3) is 4.30. The normalized spacial score (nSPS) is 18.4. The first kappa shape index (κ1) is 12.0. The molecule has 0 aromatic heterocycles. The zero-order valence-corrected chi connectivity index (χ0v) is 9.24. The van der Waals surface area contributed by atoms with E-state index < -0.39 is 0 Å². The molecule has 1 fully saturated rings. The third-order valence-corrected chi connectivity index (χ3v) is 2.85. The maximum atomic E-state index is 10.9. The molecule has 0 unspecified atom stereocenters. The molecule has 4 nitrogen and oxygen atoms in total. The van der Waals surface area contributed by atoms with Gasteiger partial charge in [-0.05, 0) is 38.9 Å². The van der Waals surface area contributed by atoms with Gasteiger partial charge in [0.15, 0.2) is 0 Å². The van der Waals surface area contributed by atoms with Crippen LogP contribution in [0.3, 0.4) is 0 Å². The summed E-state index contributed by atoms with van der Waals surface area (Å²) in [5.74, 6) is 0.101. The molecule has 0 aromatic rings. The lowest BCUT2D eigenvalue weighted by molar-refractivity contribution is -0.140. The van der Waals surface area contributed by atoms with Crippen molar-refractivity contribution in [3.8, 4) is 6.07 Å². The molecule has 0 spiro atoms. The molecule has 15 heavy (non-hydrogen) atoms. The predicted octanol–water partition coefficient (Wildman–Crippen LogP) is 1.18. The van der Waals surface area contributed by atoms with Crippen molar-refractivity contribution in [1.29, 1.82) is 5.26 Å². The van der Waals surface area contributed by atoms with Crippen molar-refractivity contribution in [3.63, 3.8) is 0 Å². The van der Waals surface area contributed by atoms with Crippen LogP contribution in [0.4, 0.5) is 0 Å². The van der Waals surface area contributed by atoms with Crippen LogP contribution in [-0.2, 0) is 9.53 Å². The van der Waals surface area contributed by atoms with Crippen molar-refractivity contribution < 1.29 is 9.53 Å². The van der Waals surface area contributed by atoms with Crippen LogP contribution < -0.4 is 0 Å². The van der Waals surface area contributed by atoms with Gasteiger partial charge in [0.1, 0.15) is 0 Å². The average molecular weight is 210 g/mol. The molecule has 1 heterocycles. The summed E-state index contributed by atoms with van der Waals surface area (Å²) in [6.07, 6.45) is 3.28. The van der Waals surface area contributed by atoms with E-state index in [-0.39, 0.29) is 11.9 Å². The Hall–Kier alpha value is -1.08. The second-order valence-corrected chi connectivity index (χ2v) is 3.92. The van der Waals surface area contributed by atoms with Crippen LogP contribution in [0, 0.1) is 17.2 Å². The van der Waals surface area contributed by atoms with Crippen molar-refractivity contribution in [1.82, 2.24) is 4.90 Å². The van der Waals surface area contributed by atoms with Crippen LogP contribution in [0.1, 0.15) is 25.7 Å². The van der Waals surface area contributed by atoms with Gasteiger partial charge in [0.2, 0.25) is 0 Å². The van der Waals surface area contributed by atoms with Crippen LogP contribution in [0.5, 0.6) is 0 Å². The summed E-state index contributed by atoms with van der Waals surface area (Å²) in [4.78, 5) is 13.2. The summed E-state index contributed by atoms with van der Waals surface area (Å²) < 4.78 is 4.57. The second kappa shape index (κ2) is 6.41. The Morgan fingerprint density at radius 3 is 2.73 bits per heavy atom. The highest BCUT2D eigenvalue weighted by Gasteiger charge is 2.18. The number of hydrogen-bond donors (Lipinski definition) is 0. The molecular weight excluding hydrogens is 192 g/mol. The number of methoxy groups -OCH3 is 1. The monoisotopic (exact) mass is 210 g/mol. The number of piperidine rings is 1. The molecule has 1 aliphatic rings. The van der Waals surface area contributed by atoms with Gasteiger partial charge in [0.05, 0.1) is 13.2 Å².